The van der Waals surface area contributed by atoms with Crippen LogP contribution < -0.4 is 24.3 Å². The quantitative estimate of drug-likeness (QED) is 0.701. The van der Waals surface area contributed by atoms with E-state index in [9.17, 15) is 4.79 Å². The lowest BCUT2D eigenvalue weighted by Crippen LogP contribution is -2.37. The van der Waals surface area contributed by atoms with Crippen LogP contribution in [0.4, 0.5) is 0 Å². The Morgan fingerprint density at radius 3 is 2.41 bits per heavy atom. The van der Waals surface area contributed by atoms with Gasteiger partial charge in [0.05, 0.1) is 21.3 Å². The van der Waals surface area contributed by atoms with Crippen LogP contribution in [0.25, 0.3) is 0 Å². The van der Waals surface area contributed by atoms with E-state index in [2.05, 4.69) is 5.32 Å². The zero-order chi connectivity index (χ0) is 19.8. The van der Waals surface area contributed by atoms with Crippen molar-refractivity contribution in [2.24, 2.45) is 0 Å². The average molecular weight is 394 g/mol. The Labute approximate surface area is 164 Å². The molecule has 27 heavy (non-hydrogen) atoms. The molecular weight excluding hydrogens is 370 g/mol. The van der Waals surface area contributed by atoms with Crippen molar-refractivity contribution >= 4 is 17.5 Å². The molecule has 0 fully saturated rings. The third-order valence-corrected chi connectivity index (χ3v) is 4.21. The van der Waals surface area contributed by atoms with Gasteiger partial charge in [-0.2, -0.15) is 0 Å². The lowest BCUT2D eigenvalue weighted by molar-refractivity contribution is -0.128. The number of methoxy groups -OCH3 is 3. The van der Waals surface area contributed by atoms with Crippen molar-refractivity contribution < 1.29 is 23.7 Å². The van der Waals surface area contributed by atoms with Gasteiger partial charge in [-0.15, -0.1) is 0 Å². The number of hydrogen-bond donors (Lipinski definition) is 1. The molecule has 0 saturated carbocycles. The predicted molar refractivity (Wildman–Crippen MR) is 104 cm³/mol. The van der Waals surface area contributed by atoms with Gasteiger partial charge in [0.2, 0.25) is 5.75 Å². The SMILES string of the molecule is CC[C@H](Oc1cccc(Cl)c1)C(=O)NCc1ccc(OC)c(OC)c1OC. The van der Waals surface area contributed by atoms with Crippen molar-refractivity contribution in [1.82, 2.24) is 5.32 Å². The third-order valence-electron chi connectivity index (χ3n) is 3.98. The van der Waals surface area contributed by atoms with Crippen LogP contribution in [-0.4, -0.2) is 33.3 Å². The van der Waals surface area contributed by atoms with E-state index >= 15 is 0 Å². The Kier molecular flexibility index (Phi) is 7.61. The lowest BCUT2D eigenvalue weighted by Gasteiger charge is -2.19. The zero-order valence-corrected chi connectivity index (χ0v) is 16.6. The lowest BCUT2D eigenvalue weighted by atomic mass is 10.1. The van der Waals surface area contributed by atoms with Gasteiger partial charge in [0.25, 0.3) is 5.91 Å². The van der Waals surface area contributed by atoms with Gasteiger partial charge in [-0.3, -0.25) is 4.79 Å². The topological polar surface area (TPSA) is 66.0 Å². The number of ether oxygens (including phenoxy) is 4. The smallest absolute Gasteiger partial charge is 0.261 e. The van der Waals surface area contributed by atoms with E-state index in [1.807, 2.05) is 13.0 Å². The molecule has 2 aromatic carbocycles. The van der Waals surface area contributed by atoms with Gasteiger partial charge in [0, 0.05) is 17.1 Å². The molecular formula is C20H24ClNO5. The molecule has 2 rings (SSSR count). The average Bonchev–Trinajstić information content (AvgIpc) is 2.69. The Morgan fingerprint density at radius 2 is 1.81 bits per heavy atom. The molecule has 0 aliphatic rings. The third kappa shape index (κ3) is 5.20. The molecule has 0 heterocycles. The highest BCUT2D eigenvalue weighted by molar-refractivity contribution is 6.30. The van der Waals surface area contributed by atoms with Crippen molar-refractivity contribution in [3.8, 4) is 23.0 Å². The summed E-state index contributed by atoms with van der Waals surface area (Å²) in [5.74, 6) is 1.87. The summed E-state index contributed by atoms with van der Waals surface area (Å²) in [5, 5.41) is 3.43. The van der Waals surface area contributed by atoms with Crippen LogP contribution in [0.3, 0.4) is 0 Å². The number of amides is 1. The summed E-state index contributed by atoms with van der Waals surface area (Å²) >= 11 is 5.96. The summed E-state index contributed by atoms with van der Waals surface area (Å²) < 4.78 is 21.8. The van der Waals surface area contributed by atoms with Crippen LogP contribution >= 0.6 is 11.6 Å². The molecule has 1 amide bonds. The van der Waals surface area contributed by atoms with Gasteiger partial charge < -0.3 is 24.3 Å². The maximum absolute atomic E-state index is 12.5. The van der Waals surface area contributed by atoms with Gasteiger partial charge in [-0.1, -0.05) is 24.6 Å². The number of rotatable bonds is 9. The first kappa shape index (κ1) is 20.7. The molecule has 0 radical (unpaired) electrons. The second-order valence-corrected chi connectivity index (χ2v) is 6.12. The van der Waals surface area contributed by atoms with E-state index in [1.54, 1.807) is 44.6 Å². The van der Waals surface area contributed by atoms with Crippen molar-refractivity contribution in [1.29, 1.82) is 0 Å². The molecule has 7 heteroatoms. The molecule has 6 nitrogen and oxygen atoms in total. The normalized spacial score (nSPS) is 11.4. The van der Waals surface area contributed by atoms with Crippen LogP contribution in [0.15, 0.2) is 36.4 Å². The molecule has 0 aliphatic heterocycles. The number of carbonyl (C=O) groups is 1. The fraction of sp³-hybridized carbons (Fsp3) is 0.350. The van der Waals surface area contributed by atoms with Crippen LogP contribution in [0, 0.1) is 0 Å². The fourth-order valence-corrected chi connectivity index (χ4v) is 2.81. The first-order valence-electron chi connectivity index (χ1n) is 8.51. The predicted octanol–water partition coefficient (Wildman–Crippen LogP) is 3.84. The molecule has 1 atom stereocenters. The van der Waals surface area contributed by atoms with E-state index in [0.29, 0.717) is 34.4 Å². The highest BCUT2D eigenvalue weighted by Crippen LogP contribution is 2.39. The number of nitrogens with one attached hydrogen (secondary N) is 1. The van der Waals surface area contributed by atoms with Gasteiger partial charge in [0.15, 0.2) is 17.6 Å². The molecule has 1 N–H and O–H groups in total. The summed E-state index contributed by atoms with van der Waals surface area (Å²) in [6.07, 6.45) is -0.115. The second-order valence-electron chi connectivity index (χ2n) is 5.68. The largest absolute Gasteiger partial charge is 0.493 e. The molecule has 0 bridgehead atoms. The number of hydrogen-bond acceptors (Lipinski definition) is 5. The standard InChI is InChI=1S/C20H24ClNO5/c1-5-16(27-15-8-6-7-14(21)11-15)20(23)22-12-13-9-10-17(24-2)19(26-4)18(13)25-3/h6-11,16H,5,12H2,1-4H3,(H,22,23)/t16-/m0/s1. The molecule has 0 aliphatic carbocycles. The highest BCUT2D eigenvalue weighted by atomic mass is 35.5. The number of carbonyl (C=O) groups excluding carboxylic acids is 1. The zero-order valence-electron chi connectivity index (χ0n) is 15.9. The molecule has 2 aromatic rings. The van der Waals surface area contributed by atoms with Gasteiger partial charge in [-0.25, -0.2) is 0 Å². The van der Waals surface area contributed by atoms with Crippen molar-refractivity contribution in [3.63, 3.8) is 0 Å². The minimum atomic E-state index is -0.630. The molecule has 146 valence electrons. The minimum Gasteiger partial charge on any atom is -0.493 e. The van der Waals surface area contributed by atoms with Crippen LogP contribution in [0.5, 0.6) is 23.0 Å². The number of halogens is 1. The second kappa shape index (κ2) is 9.92. The van der Waals surface area contributed by atoms with E-state index in [0.717, 1.165) is 5.56 Å². The summed E-state index contributed by atoms with van der Waals surface area (Å²) in [6, 6.07) is 10.5. The van der Waals surface area contributed by atoms with Gasteiger partial charge >= 0.3 is 0 Å². The summed E-state index contributed by atoms with van der Waals surface area (Å²) in [6.45, 7) is 2.14. The number of benzene rings is 2. The first-order chi connectivity index (χ1) is 13.0. The highest BCUT2D eigenvalue weighted by Gasteiger charge is 2.20. The maximum atomic E-state index is 12.5. The molecule has 0 saturated heterocycles. The Hall–Kier alpha value is -2.60. The van der Waals surface area contributed by atoms with Crippen molar-refractivity contribution in [2.75, 3.05) is 21.3 Å². The van der Waals surface area contributed by atoms with E-state index in [-0.39, 0.29) is 12.5 Å². The monoisotopic (exact) mass is 393 g/mol. The van der Waals surface area contributed by atoms with E-state index < -0.39 is 6.10 Å². The van der Waals surface area contributed by atoms with E-state index in [4.69, 9.17) is 30.5 Å². The molecule has 0 unspecified atom stereocenters. The maximum Gasteiger partial charge on any atom is 0.261 e. The van der Waals surface area contributed by atoms with Crippen LogP contribution in [0.2, 0.25) is 5.02 Å². The van der Waals surface area contributed by atoms with Crippen LogP contribution in [-0.2, 0) is 11.3 Å². The Balaban J connectivity index is 2.09. The van der Waals surface area contributed by atoms with Gasteiger partial charge in [-0.05, 0) is 36.8 Å². The Bertz CT molecular complexity index is 781. The summed E-state index contributed by atoms with van der Waals surface area (Å²) in [5.41, 5.74) is 0.765. The minimum absolute atomic E-state index is 0.227. The van der Waals surface area contributed by atoms with Crippen molar-refractivity contribution in [3.05, 3.63) is 47.0 Å². The van der Waals surface area contributed by atoms with Crippen molar-refractivity contribution in [2.45, 2.75) is 26.0 Å². The first-order valence-corrected chi connectivity index (χ1v) is 8.89. The van der Waals surface area contributed by atoms with Crippen LogP contribution in [0.1, 0.15) is 18.9 Å². The molecule has 0 spiro atoms. The fourth-order valence-electron chi connectivity index (χ4n) is 2.63. The summed E-state index contributed by atoms with van der Waals surface area (Å²) in [4.78, 5) is 12.5. The summed E-state index contributed by atoms with van der Waals surface area (Å²) in [7, 11) is 4.63. The van der Waals surface area contributed by atoms with E-state index in [1.165, 1.54) is 7.11 Å². The van der Waals surface area contributed by atoms with Gasteiger partial charge in [0.1, 0.15) is 5.75 Å². The molecule has 0 aromatic heterocycles. The Morgan fingerprint density at radius 1 is 1.07 bits per heavy atom.